The summed E-state index contributed by atoms with van der Waals surface area (Å²) in [5, 5.41) is 7.36. The highest BCUT2D eigenvalue weighted by Gasteiger charge is 2.27. The molecule has 0 aliphatic heterocycles. The number of halogens is 2. The molecule has 0 unspecified atom stereocenters. The highest BCUT2D eigenvalue weighted by Crippen LogP contribution is 2.24. The summed E-state index contributed by atoms with van der Waals surface area (Å²) in [6, 6.07) is 24.4. The number of aryl methyl sites for hydroxylation is 1. The molecule has 4 aromatic rings. The minimum absolute atomic E-state index is 0.163. The molecular weight excluding hydrogens is 567 g/mol. The van der Waals surface area contributed by atoms with E-state index in [0.29, 0.717) is 27.5 Å². The molecule has 2 N–H and O–H groups in total. The predicted molar refractivity (Wildman–Crippen MR) is 158 cm³/mol. The number of rotatable bonds is 9. The second-order valence-electron chi connectivity index (χ2n) is 9.08. The smallest absolute Gasteiger partial charge is 0.264 e. The summed E-state index contributed by atoms with van der Waals surface area (Å²) >= 11 is 5.97. The Morgan fingerprint density at radius 3 is 2.24 bits per heavy atom. The zero-order valence-corrected chi connectivity index (χ0v) is 23.7. The summed E-state index contributed by atoms with van der Waals surface area (Å²) in [5.41, 5.74) is 5.50. The third-order valence-electron chi connectivity index (χ3n) is 5.98. The lowest BCUT2D eigenvalue weighted by atomic mass is 10.1. The number of carbonyl (C=O) groups is 2. The van der Waals surface area contributed by atoms with Gasteiger partial charge in [-0.05, 0) is 86.1 Å². The first-order valence-corrected chi connectivity index (χ1v) is 14.2. The highest BCUT2D eigenvalue weighted by atomic mass is 35.5. The largest absolute Gasteiger partial charge is 0.322 e. The van der Waals surface area contributed by atoms with Gasteiger partial charge in [0.1, 0.15) is 12.4 Å². The maximum absolute atomic E-state index is 13.4. The summed E-state index contributed by atoms with van der Waals surface area (Å²) < 4.78 is 41.2. The van der Waals surface area contributed by atoms with E-state index in [2.05, 4.69) is 15.8 Å². The van der Waals surface area contributed by atoms with E-state index in [1.54, 1.807) is 79.7 Å². The van der Waals surface area contributed by atoms with Gasteiger partial charge >= 0.3 is 0 Å². The van der Waals surface area contributed by atoms with Crippen molar-refractivity contribution in [1.82, 2.24) is 5.43 Å². The van der Waals surface area contributed by atoms with E-state index >= 15 is 0 Å². The second kappa shape index (κ2) is 12.8. The standard InChI is InChI=1S/C30H26ClFN4O4S/c1-20-9-13-27(14-10-20)36(41(39,40)28-15-11-25(32)12-16-28)19-29(37)35-34-21(2)22-5-4-8-26(18-22)33-30(38)23-6-3-7-24(31)17-23/h3-18H,19H2,1-2H3,(H,33,38)(H,35,37). The molecule has 4 rings (SSSR count). The number of benzene rings is 4. The number of nitrogens with one attached hydrogen (secondary N) is 2. The van der Waals surface area contributed by atoms with Crippen molar-refractivity contribution < 1.29 is 22.4 Å². The van der Waals surface area contributed by atoms with Crippen LogP contribution in [0.25, 0.3) is 0 Å². The number of hydrogen-bond acceptors (Lipinski definition) is 5. The van der Waals surface area contributed by atoms with E-state index < -0.39 is 28.3 Å². The van der Waals surface area contributed by atoms with Crippen LogP contribution in [0.3, 0.4) is 0 Å². The fraction of sp³-hybridized carbons (Fsp3) is 0.100. The molecule has 41 heavy (non-hydrogen) atoms. The molecule has 210 valence electrons. The predicted octanol–water partition coefficient (Wildman–Crippen LogP) is 5.78. The normalized spacial score (nSPS) is 11.6. The van der Waals surface area contributed by atoms with Crippen molar-refractivity contribution in [1.29, 1.82) is 0 Å². The molecule has 0 aliphatic rings. The van der Waals surface area contributed by atoms with Gasteiger partial charge in [-0.2, -0.15) is 5.10 Å². The molecule has 0 aliphatic carbocycles. The van der Waals surface area contributed by atoms with Crippen LogP contribution in [-0.4, -0.2) is 32.5 Å². The van der Waals surface area contributed by atoms with Crippen molar-refractivity contribution in [2.75, 3.05) is 16.2 Å². The zero-order chi connectivity index (χ0) is 29.6. The van der Waals surface area contributed by atoms with Gasteiger partial charge in [-0.25, -0.2) is 18.2 Å². The maximum Gasteiger partial charge on any atom is 0.264 e. The Balaban J connectivity index is 1.50. The van der Waals surface area contributed by atoms with E-state index in [-0.39, 0.29) is 16.5 Å². The first kappa shape index (κ1) is 29.4. The number of sulfonamides is 1. The molecule has 11 heteroatoms. The van der Waals surface area contributed by atoms with E-state index in [0.717, 1.165) is 34.1 Å². The molecule has 8 nitrogen and oxygen atoms in total. The van der Waals surface area contributed by atoms with Gasteiger partial charge in [0.05, 0.1) is 16.3 Å². The van der Waals surface area contributed by atoms with Gasteiger partial charge in [0.25, 0.3) is 21.8 Å². The van der Waals surface area contributed by atoms with Crippen molar-refractivity contribution in [3.8, 4) is 0 Å². The van der Waals surface area contributed by atoms with Gasteiger partial charge in [0, 0.05) is 16.3 Å². The number of hydrogen-bond donors (Lipinski definition) is 2. The van der Waals surface area contributed by atoms with Gasteiger partial charge in [-0.3, -0.25) is 13.9 Å². The number of hydrazone groups is 1. The average molecular weight is 593 g/mol. The number of anilines is 2. The zero-order valence-electron chi connectivity index (χ0n) is 22.1. The Morgan fingerprint density at radius 2 is 1.56 bits per heavy atom. The summed E-state index contributed by atoms with van der Waals surface area (Å²) in [7, 11) is -4.20. The summed E-state index contributed by atoms with van der Waals surface area (Å²) in [5.74, 6) is -1.62. The molecule has 0 radical (unpaired) electrons. The van der Waals surface area contributed by atoms with Crippen LogP contribution >= 0.6 is 11.6 Å². The second-order valence-corrected chi connectivity index (χ2v) is 11.4. The van der Waals surface area contributed by atoms with Crippen LogP contribution in [0.4, 0.5) is 15.8 Å². The van der Waals surface area contributed by atoms with E-state index in [1.165, 1.54) is 0 Å². The van der Waals surface area contributed by atoms with E-state index in [4.69, 9.17) is 11.6 Å². The third-order valence-corrected chi connectivity index (χ3v) is 8.01. The number of amides is 2. The van der Waals surface area contributed by atoms with Crippen molar-refractivity contribution in [2.45, 2.75) is 18.7 Å². The fourth-order valence-corrected chi connectivity index (χ4v) is 5.40. The Bertz CT molecular complexity index is 1710. The average Bonchev–Trinajstić information content (AvgIpc) is 2.95. The first-order chi connectivity index (χ1) is 19.5. The van der Waals surface area contributed by atoms with Gasteiger partial charge in [-0.15, -0.1) is 0 Å². The van der Waals surface area contributed by atoms with Crippen molar-refractivity contribution >= 4 is 50.5 Å². The molecule has 0 saturated heterocycles. The molecule has 0 bridgehead atoms. The van der Waals surface area contributed by atoms with E-state index in [9.17, 15) is 22.4 Å². The van der Waals surface area contributed by atoms with Crippen LogP contribution in [0.2, 0.25) is 5.02 Å². The maximum atomic E-state index is 13.4. The molecule has 2 amide bonds. The van der Waals surface area contributed by atoms with Crippen LogP contribution < -0.4 is 15.0 Å². The van der Waals surface area contributed by atoms with Crippen LogP contribution in [-0.2, 0) is 14.8 Å². The fourth-order valence-electron chi connectivity index (χ4n) is 3.79. The summed E-state index contributed by atoms with van der Waals surface area (Å²) in [6.45, 7) is 2.94. The topological polar surface area (TPSA) is 108 Å². The lowest BCUT2D eigenvalue weighted by Crippen LogP contribution is -2.39. The Morgan fingerprint density at radius 1 is 0.902 bits per heavy atom. The van der Waals surface area contributed by atoms with Crippen molar-refractivity contribution in [3.05, 3.63) is 125 Å². The Kier molecular flexibility index (Phi) is 9.16. The minimum Gasteiger partial charge on any atom is -0.322 e. The molecule has 0 aromatic heterocycles. The van der Waals surface area contributed by atoms with E-state index in [1.807, 2.05) is 6.92 Å². The lowest BCUT2D eigenvalue weighted by molar-refractivity contribution is -0.119. The van der Waals surface area contributed by atoms with Gasteiger partial charge in [0.2, 0.25) is 0 Å². The monoisotopic (exact) mass is 592 g/mol. The van der Waals surface area contributed by atoms with Crippen molar-refractivity contribution in [3.63, 3.8) is 0 Å². The van der Waals surface area contributed by atoms with Gasteiger partial charge in [0.15, 0.2) is 0 Å². The SMILES string of the molecule is CC(=NNC(=O)CN(c1ccc(C)cc1)S(=O)(=O)c1ccc(F)cc1)c1cccc(NC(=O)c2cccc(Cl)c2)c1. The van der Waals surface area contributed by atoms with Crippen LogP contribution in [0.1, 0.15) is 28.4 Å². The van der Waals surface area contributed by atoms with Crippen LogP contribution in [0.15, 0.2) is 107 Å². The lowest BCUT2D eigenvalue weighted by Gasteiger charge is -2.24. The van der Waals surface area contributed by atoms with Crippen LogP contribution in [0, 0.1) is 12.7 Å². The first-order valence-electron chi connectivity index (χ1n) is 12.4. The quantitative estimate of drug-likeness (QED) is 0.190. The minimum atomic E-state index is -4.20. The molecular formula is C30H26ClFN4O4S. The third kappa shape index (κ3) is 7.56. The number of carbonyl (C=O) groups excluding carboxylic acids is 2. The highest BCUT2D eigenvalue weighted by molar-refractivity contribution is 7.92. The molecule has 0 spiro atoms. The van der Waals surface area contributed by atoms with Crippen LogP contribution in [0.5, 0.6) is 0 Å². The Labute approximate surface area is 242 Å². The van der Waals surface area contributed by atoms with Gasteiger partial charge < -0.3 is 5.32 Å². The molecule has 0 fully saturated rings. The Hall–Kier alpha value is -4.54. The van der Waals surface area contributed by atoms with Crippen molar-refractivity contribution in [2.24, 2.45) is 5.10 Å². The molecule has 0 heterocycles. The number of nitrogens with zero attached hydrogens (tertiary/aromatic N) is 2. The summed E-state index contributed by atoms with van der Waals surface area (Å²) in [6.07, 6.45) is 0. The van der Waals surface area contributed by atoms with Gasteiger partial charge in [-0.1, -0.05) is 47.5 Å². The summed E-state index contributed by atoms with van der Waals surface area (Å²) in [4.78, 5) is 25.3. The molecule has 0 saturated carbocycles. The molecule has 4 aromatic carbocycles. The molecule has 0 atom stereocenters.